The minimum absolute atomic E-state index is 0.135. The Bertz CT molecular complexity index is 1110. The first kappa shape index (κ1) is 24.2. The molecule has 0 aliphatic heterocycles. The maximum atomic E-state index is 12.4. The molecular weight excluding hydrogens is 454 g/mol. The molecular formula is C18H18ClN3O8S. The van der Waals surface area contributed by atoms with Crippen LogP contribution in [0.25, 0.3) is 0 Å². The zero-order chi connectivity index (χ0) is 23.3. The molecule has 0 radical (unpaired) electrons. The van der Waals surface area contributed by atoms with Gasteiger partial charge < -0.3 is 10.1 Å². The SMILES string of the molecule is CON(C)S(=O)(=O)c1cc(C(=O)OC(C)C(=O)Nc2ccc([N+](=O)[O-])cc2)ccc1Cl. The minimum Gasteiger partial charge on any atom is -0.449 e. The van der Waals surface area contributed by atoms with Crippen LogP contribution < -0.4 is 5.32 Å². The number of esters is 1. The summed E-state index contributed by atoms with van der Waals surface area (Å²) >= 11 is 5.94. The van der Waals surface area contributed by atoms with E-state index in [0.717, 1.165) is 20.2 Å². The van der Waals surface area contributed by atoms with Crippen molar-refractivity contribution in [3.05, 3.63) is 63.2 Å². The Kier molecular flexibility index (Phi) is 7.68. The molecule has 31 heavy (non-hydrogen) atoms. The molecule has 2 aromatic rings. The van der Waals surface area contributed by atoms with Gasteiger partial charge in [-0.2, -0.15) is 0 Å². The number of anilines is 1. The number of amides is 1. The number of nitrogens with zero attached hydrogens (tertiary/aromatic N) is 2. The quantitative estimate of drug-likeness (QED) is 0.351. The molecule has 0 saturated carbocycles. The summed E-state index contributed by atoms with van der Waals surface area (Å²) in [6, 6.07) is 8.53. The van der Waals surface area contributed by atoms with E-state index in [1.54, 1.807) is 0 Å². The number of non-ortho nitro benzene ring substituents is 1. The van der Waals surface area contributed by atoms with Crippen LogP contribution >= 0.6 is 11.6 Å². The van der Waals surface area contributed by atoms with Gasteiger partial charge in [0.05, 0.1) is 22.6 Å². The van der Waals surface area contributed by atoms with E-state index >= 15 is 0 Å². The molecule has 2 rings (SSSR count). The van der Waals surface area contributed by atoms with Gasteiger partial charge >= 0.3 is 5.97 Å². The number of carbonyl (C=O) groups excluding carboxylic acids is 2. The molecule has 13 heteroatoms. The van der Waals surface area contributed by atoms with Gasteiger partial charge in [-0.05, 0) is 37.3 Å². The monoisotopic (exact) mass is 471 g/mol. The highest BCUT2D eigenvalue weighted by Gasteiger charge is 2.26. The van der Waals surface area contributed by atoms with E-state index in [0.29, 0.717) is 4.47 Å². The maximum absolute atomic E-state index is 12.4. The first-order chi connectivity index (χ1) is 14.5. The summed E-state index contributed by atoms with van der Waals surface area (Å²) in [5, 5.41) is 13.0. The standard InChI is InChI=1S/C18H18ClN3O8S/c1-11(17(23)20-13-5-7-14(8-6-13)22(25)26)30-18(24)12-4-9-15(19)16(10-12)31(27,28)21(2)29-3/h4-11H,1-3H3,(H,20,23). The molecule has 0 saturated heterocycles. The molecule has 0 bridgehead atoms. The molecule has 0 aromatic heterocycles. The normalized spacial score (nSPS) is 12.3. The Morgan fingerprint density at radius 3 is 2.35 bits per heavy atom. The lowest BCUT2D eigenvalue weighted by Crippen LogP contribution is -2.30. The topological polar surface area (TPSA) is 145 Å². The predicted molar refractivity (Wildman–Crippen MR) is 110 cm³/mol. The third kappa shape index (κ3) is 5.76. The summed E-state index contributed by atoms with van der Waals surface area (Å²) in [4.78, 5) is 39.0. The van der Waals surface area contributed by atoms with Crippen molar-refractivity contribution >= 4 is 44.9 Å². The summed E-state index contributed by atoms with van der Waals surface area (Å²) in [5.41, 5.74) is -0.0338. The van der Waals surface area contributed by atoms with Crippen molar-refractivity contribution in [2.24, 2.45) is 0 Å². The zero-order valence-electron chi connectivity index (χ0n) is 16.6. The van der Waals surface area contributed by atoms with Crippen molar-refractivity contribution in [2.45, 2.75) is 17.9 Å². The molecule has 0 aliphatic rings. The number of ether oxygens (including phenoxy) is 1. The van der Waals surface area contributed by atoms with Gasteiger partial charge in [-0.25, -0.2) is 13.2 Å². The van der Waals surface area contributed by atoms with Gasteiger partial charge in [0, 0.05) is 24.9 Å². The van der Waals surface area contributed by atoms with Crippen LogP contribution in [0.1, 0.15) is 17.3 Å². The fraction of sp³-hybridized carbons (Fsp3) is 0.222. The molecule has 0 aliphatic carbocycles. The van der Waals surface area contributed by atoms with Crippen molar-refractivity contribution in [1.82, 2.24) is 4.47 Å². The van der Waals surface area contributed by atoms with Crippen LogP contribution in [0, 0.1) is 10.1 Å². The Morgan fingerprint density at radius 1 is 1.19 bits per heavy atom. The maximum Gasteiger partial charge on any atom is 0.338 e. The summed E-state index contributed by atoms with van der Waals surface area (Å²) in [6.45, 7) is 1.31. The van der Waals surface area contributed by atoms with E-state index in [9.17, 15) is 28.1 Å². The van der Waals surface area contributed by atoms with E-state index in [-0.39, 0.29) is 26.9 Å². The predicted octanol–water partition coefficient (Wildman–Crippen LogP) is 2.61. The second-order valence-electron chi connectivity index (χ2n) is 6.08. The van der Waals surface area contributed by atoms with E-state index in [1.165, 1.54) is 43.3 Å². The number of hydrogen-bond acceptors (Lipinski definition) is 8. The number of rotatable bonds is 8. The molecule has 0 spiro atoms. The Hall–Kier alpha value is -3.06. The Morgan fingerprint density at radius 2 is 1.81 bits per heavy atom. The molecule has 1 unspecified atom stereocenters. The fourth-order valence-corrected chi connectivity index (χ4v) is 3.73. The van der Waals surface area contributed by atoms with Crippen LogP contribution in [0.5, 0.6) is 0 Å². The largest absolute Gasteiger partial charge is 0.449 e. The highest BCUT2D eigenvalue weighted by molar-refractivity contribution is 7.89. The molecule has 11 nitrogen and oxygen atoms in total. The molecule has 1 atom stereocenters. The van der Waals surface area contributed by atoms with Crippen LogP contribution in [0.15, 0.2) is 47.4 Å². The van der Waals surface area contributed by atoms with Crippen LogP contribution in [0.3, 0.4) is 0 Å². The number of nitro benzene ring substituents is 1. The smallest absolute Gasteiger partial charge is 0.338 e. The number of nitrogens with one attached hydrogen (secondary N) is 1. The van der Waals surface area contributed by atoms with Crippen molar-refractivity contribution in [3.63, 3.8) is 0 Å². The summed E-state index contributed by atoms with van der Waals surface area (Å²) in [6.07, 6.45) is -1.25. The van der Waals surface area contributed by atoms with E-state index in [4.69, 9.17) is 16.3 Å². The van der Waals surface area contributed by atoms with Crippen LogP contribution in [0.4, 0.5) is 11.4 Å². The molecule has 1 N–H and O–H groups in total. The lowest BCUT2D eigenvalue weighted by Gasteiger charge is -2.16. The van der Waals surface area contributed by atoms with Crippen LogP contribution in [0.2, 0.25) is 5.02 Å². The number of sulfonamides is 1. The van der Waals surface area contributed by atoms with E-state index in [1.807, 2.05) is 0 Å². The van der Waals surface area contributed by atoms with E-state index < -0.39 is 32.9 Å². The highest BCUT2D eigenvalue weighted by Crippen LogP contribution is 2.26. The number of hydrogen-bond donors (Lipinski definition) is 1. The summed E-state index contributed by atoms with van der Waals surface area (Å²) in [5.74, 6) is -1.65. The van der Waals surface area contributed by atoms with Gasteiger partial charge in [0.15, 0.2) is 6.10 Å². The minimum atomic E-state index is -4.13. The van der Waals surface area contributed by atoms with Gasteiger partial charge in [0.25, 0.3) is 21.6 Å². The number of hydroxylamine groups is 1. The van der Waals surface area contributed by atoms with Crippen LogP contribution in [-0.4, -0.2) is 49.9 Å². The van der Waals surface area contributed by atoms with Crippen molar-refractivity contribution in [3.8, 4) is 0 Å². The number of halogens is 1. The van der Waals surface area contributed by atoms with Gasteiger partial charge in [-0.15, -0.1) is 0 Å². The van der Waals surface area contributed by atoms with Crippen molar-refractivity contribution in [2.75, 3.05) is 19.5 Å². The summed E-state index contributed by atoms with van der Waals surface area (Å²) < 4.78 is 30.5. The summed E-state index contributed by atoms with van der Waals surface area (Å²) in [7, 11) is -1.83. The molecule has 2 aromatic carbocycles. The van der Waals surface area contributed by atoms with E-state index in [2.05, 4.69) is 10.2 Å². The Labute approximate surface area is 182 Å². The van der Waals surface area contributed by atoms with Gasteiger partial charge in [-0.3, -0.25) is 19.7 Å². The lowest BCUT2D eigenvalue weighted by molar-refractivity contribution is -0.384. The van der Waals surface area contributed by atoms with Gasteiger partial charge in [0.2, 0.25) is 0 Å². The molecule has 0 fully saturated rings. The number of carbonyl (C=O) groups is 2. The van der Waals surface area contributed by atoms with Crippen molar-refractivity contribution < 1.29 is 32.5 Å². The third-order valence-corrected chi connectivity index (χ3v) is 6.20. The second-order valence-corrected chi connectivity index (χ2v) is 8.39. The molecule has 166 valence electrons. The highest BCUT2D eigenvalue weighted by atomic mass is 35.5. The zero-order valence-corrected chi connectivity index (χ0v) is 18.1. The van der Waals surface area contributed by atoms with Gasteiger partial charge in [0.1, 0.15) is 4.90 Å². The van der Waals surface area contributed by atoms with Crippen LogP contribution in [-0.2, 0) is 24.4 Å². The molecule has 1 amide bonds. The molecule has 0 heterocycles. The average molecular weight is 472 g/mol. The first-order valence-electron chi connectivity index (χ1n) is 8.56. The van der Waals surface area contributed by atoms with Crippen molar-refractivity contribution in [1.29, 1.82) is 0 Å². The van der Waals surface area contributed by atoms with Gasteiger partial charge in [-0.1, -0.05) is 16.1 Å². The first-order valence-corrected chi connectivity index (χ1v) is 10.4. The Balaban J connectivity index is 2.12. The third-order valence-electron chi connectivity index (χ3n) is 4.04. The fourth-order valence-electron chi connectivity index (χ4n) is 2.26. The number of benzene rings is 2. The lowest BCUT2D eigenvalue weighted by atomic mass is 10.2. The number of nitro groups is 1. The second kappa shape index (κ2) is 9.83. The average Bonchev–Trinajstić information content (AvgIpc) is 2.73.